The Balaban J connectivity index is 2.77. The van der Waals surface area contributed by atoms with E-state index < -0.39 is 19.9 Å². The maximum absolute atomic E-state index is 13.0. The van der Waals surface area contributed by atoms with E-state index in [0.29, 0.717) is 23.2 Å². The maximum atomic E-state index is 13.0. The summed E-state index contributed by atoms with van der Waals surface area (Å²) in [5.41, 5.74) is 7.08. The van der Waals surface area contributed by atoms with E-state index >= 15 is 0 Å². The van der Waals surface area contributed by atoms with Crippen LogP contribution in [-0.2, 0) is 26.3 Å². The topological polar surface area (TPSA) is 120 Å². The minimum Gasteiger partial charge on any atom is -0.399 e. The van der Waals surface area contributed by atoms with Gasteiger partial charge in [-0.25, -0.2) is 22.0 Å². The van der Waals surface area contributed by atoms with E-state index in [4.69, 9.17) is 10.9 Å². The molecule has 0 saturated carbocycles. The van der Waals surface area contributed by atoms with E-state index in [1.165, 1.54) is 18.2 Å². The Hall–Kier alpha value is -1.90. The molecule has 0 radical (unpaired) electrons. The molecule has 0 atom stereocenters. The van der Waals surface area contributed by atoms with Gasteiger partial charge in [0.1, 0.15) is 0 Å². The van der Waals surface area contributed by atoms with Crippen LogP contribution in [0.4, 0.5) is 5.69 Å². The number of nitrogen functional groups attached to an aromatic ring is 1. The SMILES string of the molecule is CCc1ccc(N)cc1S(=O)(=O)c1cc(S(N)(=O)=O)ccc1C. The molecule has 0 bridgehead atoms. The molecule has 8 heteroatoms. The lowest BCUT2D eigenvalue weighted by molar-refractivity contribution is 0.593. The number of aryl methyl sites for hydroxylation is 2. The van der Waals surface area contributed by atoms with Crippen molar-refractivity contribution in [2.75, 3.05) is 5.73 Å². The van der Waals surface area contributed by atoms with Gasteiger partial charge in [-0.3, -0.25) is 0 Å². The number of anilines is 1. The third kappa shape index (κ3) is 3.39. The van der Waals surface area contributed by atoms with E-state index in [1.807, 2.05) is 6.92 Å². The van der Waals surface area contributed by atoms with Crippen LogP contribution in [0.5, 0.6) is 0 Å². The molecular weight excluding hydrogens is 336 g/mol. The fraction of sp³-hybridized carbons (Fsp3) is 0.200. The summed E-state index contributed by atoms with van der Waals surface area (Å²) in [5, 5.41) is 5.10. The highest BCUT2D eigenvalue weighted by molar-refractivity contribution is 7.91. The molecule has 2 aromatic rings. The molecule has 0 aromatic heterocycles. The summed E-state index contributed by atoms with van der Waals surface area (Å²) in [4.78, 5) is -0.261. The highest BCUT2D eigenvalue weighted by Crippen LogP contribution is 2.29. The Labute approximate surface area is 136 Å². The molecular formula is C15H18N2O4S2. The highest BCUT2D eigenvalue weighted by atomic mass is 32.2. The van der Waals surface area contributed by atoms with Gasteiger partial charge in [0.25, 0.3) is 0 Å². The summed E-state index contributed by atoms with van der Waals surface area (Å²) in [7, 11) is -7.92. The second-order valence-corrected chi connectivity index (χ2v) is 8.64. The van der Waals surface area contributed by atoms with Gasteiger partial charge in [-0.2, -0.15) is 0 Å². The number of hydrogen-bond acceptors (Lipinski definition) is 5. The van der Waals surface area contributed by atoms with Crippen molar-refractivity contribution in [2.45, 2.75) is 35.0 Å². The summed E-state index contributed by atoms with van der Waals surface area (Å²) in [6.45, 7) is 3.43. The summed E-state index contributed by atoms with van der Waals surface area (Å²) in [6.07, 6.45) is 0.503. The molecule has 6 nitrogen and oxygen atoms in total. The van der Waals surface area contributed by atoms with Gasteiger partial charge >= 0.3 is 0 Å². The van der Waals surface area contributed by atoms with E-state index in [0.717, 1.165) is 6.07 Å². The van der Waals surface area contributed by atoms with Crippen LogP contribution in [0.1, 0.15) is 18.1 Å². The van der Waals surface area contributed by atoms with E-state index in [-0.39, 0.29) is 14.7 Å². The number of primary sulfonamides is 1. The predicted octanol–water partition coefficient (Wildman–Crippen LogP) is 1.62. The van der Waals surface area contributed by atoms with E-state index in [9.17, 15) is 16.8 Å². The van der Waals surface area contributed by atoms with Crippen LogP contribution in [0.3, 0.4) is 0 Å². The highest BCUT2D eigenvalue weighted by Gasteiger charge is 2.24. The van der Waals surface area contributed by atoms with Crippen molar-refractivity contribution in [1.82, 2.24) is 0 Å². The molecule has 2 rings (SSSR count). The van der Waals surface area contributed by atoms with Crippen LogP contribution >= 0.6 is 0 Å². The average Bonchev–Trinajstić information content (AvgIpc) is 2.46. The number of hydrogen-bond donors (Lipinski definition) is 2. The van der Waals surface area contributed by atoms with Crippen LogP contribution < -0.4 is 10.9 Å². The Morgan fingerprint density at radius 1 is 0.957 bits per heavy atom. The molecule has 0 aliphatic heterocycles. The third-order valence-electron chi connectivity index (χ3n) is 3.54. The molecule has 0 spiro atoms. The first-order valence-corrected chi connectivity index (χ1v) is 9.87. The van der Waals surface area contributed by atoms with Gasteiger partial charge in [0.15, 0.2) is 0 Å². The molecule has 2 aromatic carbocycles. The molecule has 0 saturated heterocycles. The zero-order valence-corrected chi connectivity index (χ0v) is 14.4. The summed E-state index contributed by atoms with van der Waals surface area (Å²) < 4.78 is 48.9. The minimum atomic E-state index is -4.00. The molecule has 0 aliphatic rings. The van der Waals surface area contributed by atoms with Crippen molar-refractivity contribution < 1.29 is 16.8 Å². The molecule has 124 valence electrons. The lowest BCUT2D eigenvalue weighted by Gasteiger charge is -2.13. The van der Waals surface area contributed by atoms with Gasteiger partial charge in [-0.15, -0.1) is 0 Å². The van der Waals surface area contributed by atoms with Gasteiger partial charge in [-0.1, -0.05) is 19.1 Å². The van der Waals surface area contributed by atoms with Crippen molar-refractivity contribution in [1.29, 1.82) is 0 Å². The molecule has 4 N–H and O–H groups in total. The quantitative estimate of drug-likeness (QED) is 0.808. The standard InChI is InChI=1S/C15H18N2O4S2/c1-3-11-5-6-12(16)8-15(11)22(18,19)14-9-13(23(17,20)21)7-4-10(14)2/h4-9H,3,16H2,1-2H3,(H2,17,20,21). The Morgan fingerprint density at radius 2 is 1.61 bits per heavy atom. The lowest BCUT2D eigenvalue weighted by Crippen LogP contribution is -2.14. The smallest absolute Gasteiger partial charge is 0.238 e. The van der Waals surface area contributed by atoms with Crippen LogP contribution in [0.25, 0.3) is 0 Å². The van der Waals surface area contributed by atoms with Gasteiger partial charge in [-0.05, 0) is 48.7 Å². The van der Waals surface area contributed by atoms with Crippen molar-refractivity contribution in [3.8, 4) is 0 Å². The monoisotopic (exact) mass is 354 g/mol. The molecule has 0 fully saturated rings. The summed E-state index contributed by atoms with van der Waals surface area (Å²) in [6, 6.07) is 8.46. The zero-order chi connectivity index (χ0) is 17.4. The second kappa shape index (κ2) is 5.95. The van der Waals surface area contributed by atoms with Gasteiger partial charge in [0, 0.05) is 5.69 Å². The Kier molecular flexibility index (Phi) is 4.52. The van der Waals surface area contributed by atoms with Gasteiger partial charge < -0.3 is 5.73 Å². The summed E-state index contributed by atoms with van der Waals surface area (Å²) >= 11 is 0. The number of sulfonamides is 1. The molecule has 0 heterocycles. The molecule has 0 amide bonds. The zero-order valence-electron chi connectivity index (χ0n) is 12.8. The fourth-order valence-corrected chi connectivity index (χ4v) is 4.75. The Bertz CT molecular complexity index is 965. The van der Waals surface area contributed by atoms with Crippen molar-refractivity contribution in [3.63, 3.8) is 0 Å². The number of sulfone groups is 1. The van der Waals surface area contributed by atoms with E-state index in [2.05, 4.69) is 0 Å². The van der Waals surface area contributed by atoms with Crippen molar-refractivity contribution >= 4 is 25.5 Å². The number of benzene rings is 2. The van der Waals surface area contributed by atoms with Crippen LogP contribution in [-0.4, -0.2) is 16.8 Å². The number of nitrogens with two attached hydrogens (primary N) is 2. The first-order chi connectivity index (χ1) is 10.6. The maximum Gasteiger partial charge on any atom is 0.238 e. The Morgan fingerprint density at radius 3 is 2.17 bits per heavy atom. The average molecular weight is 354 g/mol. The lowest BCUT2D eigenvalue weighted by atomic mass is 10.1. The van der Waals surface area contributed by atoms with Crippen LogP contribution in [0, 0.1) is 6.92 Å². The molecule has 0 unspecified atom stereocenters. The van der Waals surface area contributed by atoms with Gasteiger partial charge in [0.05, 0.1) is 14.7 Å². The van der Waals surface area contributed by atoms with Crippen molar-refractivity contribution in [2.24, 2.45) is 5.14 Å². The van der Waals surface area contributed by atoms with Crippen LogP contribution in [0.15, 0.2) is 51.1 Å². The number of rotatable bonds is 4. The molecule has 0 aliphatic carbocycles. The largest absolute Gasteiger partial charge is 0.399 e. The molecule has 23 heavy (non-hydrogen) atoms. The first-order valence-electron chi connectivity index (χ1n) is 6.84. The fourth-order valence-electron chi connectivity index (χ4n) is 2.28. The minimum absolute atomic E-state index is 0.0784. The second-order valence-electron chi connectivity index (χ2n) is 5.20. The summed E-state index contributed by atoms with van der Waals surface area (Å²) in [5.74, 6) is 0. The first kappa shape index (κ1) is 17.5. The van der Waals surface area contributed by atoms with Crippen LogP contribution in [0.2, 0.25) is 0 Å². The van der Waals surface area contributed by atoms with E-state index in [1.54, 1.807) is 19.1 Å². The van der Waals surface area contributed by atoms with Crippen molar-refractivity contribution in [3.05, 3.63) is 47.5 Å². The predicted molar refractivity (Wildman–Crippen MR) is 88.2 cm³/mol. The normalized spacial score (nSPS) is 12.3. The van der Waals surface area contributed by atoms with Gasteiger partial charge in [0.2, 0.25) is 19.9 Å². The third-order valence-corrected chi connectivity index (χ3v) is 6.43.